The predicted molar refractivity (Wildman–Crippen MR) is 310 cm³/mol. The van der Waals surface area contributed by atoms with Crippen LogP contribution < -0.4 is 18.9 Å². The van der Waals surface area contributed by atoms with Gasteiger partial charge < -0.3 is 18.9 Å². The summed E-state index contributed by atoms with van der Waals surface area (Å²) in [7, 11) is 0. The Bertz CT molecular complexity index is 2820. The number of hydrogen-bond acceptors (Lipinski definition) is 4. The van der Waals surface area contributed by atoms with Crippen LogP contribution in [0, 0.1) is 0 Å². The second-order valence-corrected chi connectivity index (χ2v) is 19.4. The van der Waals surface area contributed by atoms with Crippen LogP contribution in [0.3, 0.4) is 0 Å². The van der Waals surface area contributed by atoms with Crippen LogP contribution in [0.2, 0.25) is 0 Å². The Balaban J connectivity index is 0.620. The summed E-state index contributed by atoms with van der Waals surface area (Å²) in [6, 6.07) is 98.5. The van der Waals surface area contributed by atoms with E-state index in [2.05, 4.69) is 255 Å². The van der Waals surface area contributed by atoms with Gasteiger partial charge in [0.15, 0.2) is 0 Å². The Labute approximate surface area is 450 Å². The molecule has 10 rings (SSSR count). The van der Waals surface area contributed by atoms with Crippen LogP contribution in [-0.4, -0.2) is 13.2 Å². The number of hydrogen-bond donors (Lipinski definition) is 0. The Morgan fingerprint density at radius 1 is 0.197 bits per heavy atom. The molecule has 0 fully saturated rings. The average Bonchev–Trinajstić information content (AvgIpc) is 3.50. The van der Waals surface area contributed by atoms with E-state index in [1.54, 1.807) is 0 Å². The second-order valence-electron chi connectivity index (χ2n) is 19.4. The van der Waals surface area contributed by atoms with Crippen molar-refractivity contribution in [2.75, 3.05) is 13.2 Å². The van der Waals surface area contributed by atoms with Crippen LogP contribution in [-0.2, 0) is 24.0 Å². The first-order valence-corrected chi connectivity index (χ1v) is 26.9. The van der Waals surface area contributed by atoms with Gasteiger partial charge in [-0.25, -0.2) is 0 Å². The van der Waals surface area contributed by atoms with Crippen molar-refractivity contribution in [3.8, 4) is 23.0 Å². The molecule has 4 nitrogen and oxygen atoms in total. The fourth-order valence-corrected chi connectivity index (χ4v) is 10.7. The van der Waals surface area contributed by atoms with E-state index in [1.165, 1.54) is 57.3 Å². The molecular formula is C72H66O4. The fraction of sp³-hybridized carbons (Fsp3) is 0.167. The number of benzene rings is 10. The summed E-state index contributed by atoms with van der Waals surface area (Å²) in [5, 5.41) is 0. The largest absolute Gasteiger partial charge is 0.494 e. The smallest absolute Gasteiger partial charge is 0.119 e. The predicted octanol–water partition coefficient (Wildman–Crippen LogP) is 17.4. The van der Waals surface area contributed by atoms with Crippen molar-refractivity contribution < 1.29 is 18.9 Å². The Hall–Kier alpha value is -8.60. The van der Waals surface area contributed by atoms with Gasteiger partial charge in [-0.1, -0.05) is 256 Å². The maximum atomic E-state index is 6.31. The van der Waals surface area contributed by atoms with E-state index in [9.17, 15) is 0 Å². The maximum absolute atomic E-state index is 6.31. The van der Waals surface area contributed by atoms with Crippen molar-refractivity contribution in [1.29, 1.82) is 0 Å². The fourth-order valence-electron chi connectivity index (χ4n) is 10.7. The van der Waals surface area contributed by atoms with E-state index < -0.39 is 10.8 Å². The molecule has 0 bridgehead atoms. The first-order valence-electron chi connectivity index (χ1n) is 26.9. The van der Waals surface area contributed by atoms with E-state index in [4.69, 9.17) is 18.9 Å². The minimum absolute atomic E-state index is 0.480. The highest BCUT2D eigenvalue weighted by molar-refractivity contribution is 5.62. The second kappa shape index (κ2) is 25.6. The first-order chi connectivity index (χ1) is 37.7. The molecule has 76 heavy (non-hydrogen) atoms. The molecule has 0 unspecified atom stereocenters. The van der Waals surface area contributed by atoms with Crippen LogP contribution in [0.5, 0.6) is 23.0 Å². The number of rotatable bonds is 25. The third-order valence-corrected chi connectivity index (χ3v) is 14.5. The monoisotopic (exact) mass is 994 g/mol. The third kappa shape index (κ3) is 12.0. The normalized spacial score (nSPS) is 11.4. The quantitative estimate of drug-likeness (QED) is 0.0422. The summed E-state index contributed by atoms with van der Waals surface area (Å²) in [5.74, 6) is 3.45. The highest BCUT2D eigenvalue weighted by Gasteiger charge is 2.39. The summed E-state index contributed by atoms with van der Waals surface area (Å²) in [6.45, 7) is 2.39. The minimum atomic E-state index is -0.480. The lowest BCUT2D eigenvalue weighted by Crippen LogP contribution is -2.30. The lowest BCUT2D eigenvalue weighted by atomic mass is 9.65. The van der Waals surface area contributed by atoms with Gasteiger partial charge in [0.05, 0.1) is 24.0 Å². The lowest BCUT2D eigenvalue weighted by Gasteiger charge is -2.36. The molecule has 10 aromatic rings. The highest BCUT2D eigenvalue weighted by atomic mass is 16.5. The molecule has 0 saturated heterocycles. The van der Waals surface area contributed by atoms with Gasteiger partial charge in [0.25, 0.3) is 0 Å². The van der Waals surface area contributed by atoms with Gasteiger partial charge in [-0.2, -0.15) is 0 Å². The maximum Gasteiger partial charge on any atom is 0.119 e. The molecule has 378 valence electrons. The molecule has 0 saturated carbocycles. The SMILES string of the molecule is c1ccc(C(c2ccccc2)(c2ccccc2)c2ccc(OCc3ccc(OCCCCCCCCOc4ccc(COc5ccc(C(c6ccccc6)(c6ccccc6)c6ccccc6)cc5)cc4)cc3)cc2)cc1. The molecule has 4 heteroatoms. The van der Waals surface area contributed by atoms with Crippen molar-refractivity contribution in [2.24, 2.45) is 0 Å². The molecule has 0 aromatic heterocycles. The van der Waals surface area contributed by atoms with Gasteiger partial charge in [-0.3, -0.25) is 0 Å². The van der Waals surface area contributed by atoms with Crippen LogP contribution in [0.25, 0.3) is 0 Å². The van der Waals surface area contributed by atoms with Gasteiger partial charge in [-0.05, 0) is 117 Å². The van der Waals surface area contributed by atoms with Gasteiger partial charge in [0.2, 0.25) is 0 Å². The molecule has 0 atom stereocenters. The zero-order valence-electron chi connectivity index (χ0n) is 43.3. The van der Waals surface area contributed by atoms with Gasteiger partial charge in [0, 0.05) is 0 Å². The van der Waals surface area contributed by atoms with Crippen molar-refractivity contribution in [1.82, 2.24) is 0 Å². The summed E-state index contributed by atoms with van der Waals surface area (Å²) in [4.78, 5) is 0. The topological polar surface area (TPSA) is 36.9 Å². The Morgan fingerprint density at radius 2 is 0.408 bits per heavy atom. The summed E-state index contributed by atoms with van der Waals surface area (Å²) < 4.78 is 24.8. The molecule has 10 aromatic carbocycles. The first kappa shape index (κ1) is 50.9. The van der Waals surface area contributed by atoms with Gasteiger partial charge in [-0.15, -0.1) is 0 Å². The Morgan fingerprint density at radius 3 is 0.671 bits per heavy atom. The highest BCUT2D eigenvalue weighted by Crippen LogP contribution is 2.47. The standard InChI is InChI=1S/C72H66O4/c1(3-23-53-73-67-45-37-57(38-46-67)55-75-69-49-41-65(42-50-69)71(59-25-11-5-12-26-59,60-27-13-6-14-28-60)61-29-15-7-16-30-61)2-4-24-54-74-68-47-39-58(40-48-68)56-76-70-51-43-66(44-52-70)72(62-31-17-8-18-32-62,63-33-19-9-20-34-63)64-35-21-10-22-36-64/h5-22,25-52H,1-4,23-24,53-56H2. The van der Waals surface area contributed by atoms with E-state index in [-0.39, 0.29) is 0 Å². The molecule has 0 amide bonds. The summed E-state index contributed by atoms with van der Waals surface area (Å²) in [6.07, 6.45) is 6.76. The lowest BCUT2D eigenvalue weighted by molar-refractivity contribution is 0.294. The van der Waals surface area contributed by atoms with Crippen LogP contribution >= 0.6 is 0 Å². The molecule has 0 aliphatic heterocycles. The molecule has 0 aliphatic carbocycles. The van der Waals surface area contributed by atoms with E-state index in [0.29, 0.717) is 26.4 Å². The van der Waals surface area contributed by atoms with Crippen LogP contribution in [0.1, 0.15) is 94.2 Å². The zero-order chi connectivity index (χ0) is 51.5. The van der Waals surface area contributed by atoms with Crippen LogP contribution in [0.15, 0.2) is 279 Å². The average molecular weight is 995 g/mol. The van der Waals surface area contributed by atoms with Crippen molar-refractivity contribution >= 4 is 0 Å². The molecule has 0 aliphatic rings. The number of unbranched alkanes of at least 4 members (excludes halogenated alkanes) is 5. The van der Waals surface area contributed by atoms with E-state index in [0.717, 1.165) is 59.8 Å². The summed E-state index contributed by atoms with van der Waals surface area (Å²) in [5.41, 5.74) is 10.9. The Kier molecular flexibility index (Phi) is 17.1. The van der Waals surface area contributed by atoms with E-state index >= 15 is 0 Å². The van der Waals surface area contributed by atoms with Gasteiger partial charge in [0.1, 0.15) is 36.2 Å². The zero-order valence-corrected chi connectivity index (χ0v) is 43.3. The van der Waals surface area contributed by atoms with E-state index in [1.807, 2.05) is 24.3 Å². The van der Waals surface area contributed by atoms with Crippen molar-refractivity contribution in [3.63, 3.8) is 0 Å². The third-order valence-electron chi connectivity index (χ3n) is 14.5. The molecule has 0 spiro atoms. The van der Waals surface area contributed by atoms with Gasteiger partial charge >= 0.3 is 0 Å². The van der Waals surface area contributed by atoms with Crippen LogP contribution in [0.4, 0.5) is 0 Å². The molecule has 0 heterocycles. The van der Waals surface area contributed by atoms with Crippen molar-refractivity contribution in [3.05, 3.63) is 335 Å². The van der Waals surface area contributed by atoms with Crippen molar-refractivity contribution in [2.45, 2.75) is 62.6 Å². The number of ether oxygens (including phenoxy) is 4. The molecule has 0 N–H and O–H groups in total. The summed E-state index contributed by atoms with van der Waals surface area (Å²) >= 11 is 0. The molecular weight excluding hydrogens is 929 g/mol. The molecule has 0 radical (unpaired) electrons. The minimum Gasteiger partial charge on any atom is -0.494 e.